The molecule has 0 spiro atoms. The van der Waals surface area contributed by atoms with E-state index in [2.05, 4.69) is 22.0 Å². The number of piperidine rings is 1. The second-order valence-corrected chi connectivity index (χ2v) is 4.05. The van der Waals surface area contributed by atoms with Crippen molar-refractivity contribution in [2.75, 3.05) is 18.0 Å². The normalized spacial score (nSPS) is 17.5. The molecule has 1 saturated heterocycles. The lowest BCUT2D eigenvalue weighted by Crippen LogP contribution is -2.33. The summed E-state index contributed by atoms with van der Waals surface area (Å²) in [7, 11) is 0. The molecule has 3 heteroatoms. The van der Waals surface area contributed by atoms with Gasteiger partial charge in [0, 0.05) is 36.6 Å². The molecule has 2 heterocycles. The van der Waals surface area contributed by atoms with E-state index in [1.165, 1.54) is 5.69 Å². The molecule has 0 aromatic carbocycles. The maximum Gasteiger partial charge on any atom is 0.0657 e. The van der Waals surface area contributed by atoms with E-state index in [4.69, 9.17) is 5.26 Å². The van der Waals surface area contributed by atoms with Gasteiger partial charge in [-0.2, -0.15) is 5.26 Å². The van der Waals surface area contributed by atoms with Crippen molar-refractivity contribution in [2.24, 2.45) is 5.92 Å². The molecular weight excluding hydrogens is 186 g/mol. The molecule has 1 aliphatic heterocycles. The molecule has 0 N–H and O–H groups in total. The molecule has 0 aliphatic carbocycles. The van der Waals surface area contributed by atoms with Crippen LogP contribution in [0.5, 0.6) is 0 Å². The van der Waals surface area contributed by atoms with E-state index >= 15 is 0 Å². The summed E-state index contributed by atoms with van der Waals surface area (Å²) in [6, 6.07) is 6.49. The summed E-state index contributed by atoms with van der Waals surface area (Å²) in [4.78, 5) is 6.52. The molecule has 0 amide bonds. The van der Waals surface area contributed by atoms with Crippen LogP contribution in [-0.4, -0.2) is 18.1 Å². The Hall–Kier alpha value is -1.56. The van der Waals surface area contributed by atoms with E-state index in [9.17, 15) is 0 Å². The van der Waals surface area contributed by atoms with E-state index in [0.29, 0.717) is 0 Å². The van der Waals surface area contributed by atoms with Gasteiger partial charge in [-0.15, -0.1) is 0 Å². The second kappa shape index (κ2) is 4.31. The summed E-state index contributed by atoms with van der Waals surface area (Å²) in [5, 5.41) is 8.81. The number of aryl methyl sites for hydroxylation is 1. The Morgan fingerprint density at radius 3 is 2.80 bits per heavy atom. The van der Waals surface area contributed by atoms with Crippen LogP contribution in [0.2, 0.25) is 0 Å². The molecular formula is C12H15N3. The van der Waals surface area contributed by atoms with Crippen molar-refractivity contribution in [3.8, 4) is 6.07 Å². The minimum Gasteiger partial charge on any atom is -0.371 e. The van der Waals surface area contributed by atoms with E-state index < -0.39 is 0 Å². The Kier molecular flexibility index (Phi) is 2.86. The van der Waals surface area contributed by atoms with Crippen molar-refractivity contribution >= 4 is 5.69 Å². The van der Waals surface area contributed by atoms with Crippen LogP contribution in [0, 0.1) is 24.2 Å². The maximum atomic E-state index is 8.81. The topological polar surface area (TPSA) is 39.9 Å². The monoisotopic (exact) mass is 201 g/mol. The Morgan fingerprint density at radius 1 is 1.47 bits per heavy atom. The number of hydrogen-bond donors (Lipinski definition) is 0. The third-order valence-electron chi connectivity index (χ3n) is 2.92. The molecule has 15 heavy (non-hydrogen) atoms. The third-order valence-corrected chi connectivity index (χ3v) is 2.92. The van der Waals surface area contributed by atoms with Gasteiger partial charge in [0.15, 0.2) is 0 Å². The molecule has 78 valence electrons. The van der Waals surface area contributed by atoms with Crippen molar-refractivity contribution < 1.29 is 0 Å². The van der Waals surface area contributed by atoms with Crippen molar-refractivity contribution in [1.29, 1.82) is 5.26 Å². The van der Waals surface area contributed by atoms with E-state index in [-0.39, 0.29) is 5.92 Å². The molecule has 3 nitrogen and oxygen atoms in total. The summed E-state index contributed by atoms with van der Waals surface area (Å²) in [6.45, 7) is 3.98. The van der Waals surface area contributed by atoms with Gasteiger partial charge in [-0.05, 0) is 31.9 Å². The summed E-state index contributed by atoms with van der Waals surface area (Å²) in [5.74, 6) is 0.254. The van der Waals surface area contributed by atoms with Gasteiger partial charge in [-0.25, -0.2) is 0 Å². The quantitative estimate of drug-likeness (QED) is 0.698. The van der Waals surface area contributed by atoms with Gasteiger partial charge in [0.2, 0.25) is 0 Å². The number of anilines is 1. The highest BCUT2D eigenvalue weighted by Crippen LogP contribution is 2.22. The fourth-order valence-electron chi connectivity index (χ4n) is 1.99. The SMILES string of the molecule is Cc1cc(N2CCC(C#N)CC2)ccn1. The summed E-state index contributed by atoms with van der Waals surface area (Å²) in [5.41, 5.74) is 2.29. The first-order chi connectivity index (χ1) is 7.29. The Balaban J connectivity index is 2.05. The van der Waals surface area contributed by atoms with Gasteiger partial charge < -0.3 is 4.90 Å². The van der Waals surface area contributed by atoms with E-state index in [0.717, 1.165) is 31.6 Å². The largest absolute Gasteiger partial charge is 0.371 e. The zero-order valence-electron chi connectivity index (χ0n) is 8.98. The van der Waals surface area contributed by atoms with Gasteiger partial charge >= 0.3 is 0 Å². The lowest BCUT2D eigenvalue weighted by Gasteiger charge is -2.31. The molecule has 0 radical (unpaired) electrons. The molecule has 1 aromatic heterocycles. The Bertz CT molecular complexity index is 373. The average Bonchev–Trinajstić information content (AvgIpc) is 2.29. The van der Waals surface area contributed by atoms with Crippen molar-refractivity contribution in [1.82, 2.24) is 4.98 Å². The number of aromatic nitrogens is 1. The zero-order valence-corrected chi connectivity index (χ0v) is 8.98. The molecule has 1 aliphatic rings. The number of rotatable bonds is 1. The molecule has 0 bridgehead atoms. The van der Waals surface area contributed by atoms with Crippen LogP contribution in [0.25, 0.3) is 0 Å². The minimum absolute atomic E-state index is 0.254. The van der Waals surface area contributed by atoms with Crippen LogP contribution < -0.4 is 4.90 Å². The summed E-state index contributed by atoms with van der Waals surface area (Å²) in [6.07, 6.45) is 3.82. The first-order valence-electron chi connectivity index (χ1n) is 5.37. The van der Waals surface area contributed by atoms with E-state index in [1.54, 1.807) is 0 Å². The van der Waals surface area contributed by atoms with Crippen LogP contribution in [-0.2, 0) is 0 Å². The molecule has 0 atom stereocenters. The minimum atomic E-state index is 0.254. The van der Waals surface area contributed by atoms with Gasteiger partial charge in [-0.3, -0.25) is 4.98 Å². The smallest absolute Gasteiger partial charge is 0.0657 e. The zero-order chi connectivity index (χ0) is 10.7. The van der Waals surface area contributed by atoms with Gasteiger partial charge in [-0.1, -0.05) is 0 Å². The number of pyridine rings is 1. The number of hydrogen-bond acceptors (Lipinski definition) is 3. The number of nitrogens with zero attached hydrogens (tertiary/aromatic N) is 3. The van der Waals surface area contributed by atoms with Crippen molar-refractivity contribution in [3.63, 3.8) is 0 Å². The fraction of sp³-hybridized carbons (Fsp3) is 0.500. The first kappa shape index (κ1) is 9.97. The highest BCUT2D eigenvalue weighted by Gasteiger charge is 2.18. The molecule has 0 saturated carbocycles. The predicted octanol–water partition coefficient (Wildman–Crippen LogP) is 2.13. The lowest BCUT2D eigenvalue weighted by atomic mass is 9.98. The lowest BCUT2D eigenvalue weighted by molar-refractivity contribution is 0.487. The van der Waals surface area contributed by atoms with Crippen LogP contribution in [0.15, 0.2) is 18.3 Å². The van der Waals surface area contributed by atoms with Crippen LogP contribution in [0.1, 0.15) is 18.5 Å². The first-order valence-corrected chi connectivity index (χ1v) is 5.37. The van der Waals surface area contributed by atoms with Gasteiger partial charge in [0.25, 0.3) is 0 Å². The summed E-state index contributed by atoms with van der Waals surface area (Å²) < 4.78 is 0. The molecule has 2 rings (SSSR count). The highest BCUT2D eigenvalue weighted by atomic mass is 15.1. The maximum absolute atomic E-state index is 8.81. The van der Waals surface area contributed by atoms with E-state index in [1.807, 2.05) is 19.2 Å². The van der Waals surface area contributed by atoms with Crippen molar-refractivity contribution in [3.05, 3.63) is 24.0 Å². The third kappa shape index (κ3) is 2.27. The molecule has 1 fully saturated rings. The van der Waals surface area contributed by atoms with Gasteiger partial charge in [0.1, 0.15) is 0 Å². The molecule has 1 aromatic rings. The summed E-state index contributed by atoms with van der Waals surface area (Å²) >= 11 is 0. The van der Waals surface area contributed by atoms with Crippen LogP contribution >= 0.6 is 0 Å². The Morgan fingerprint density at radius 2 is 2.20 bits per heavy atom. The standard InChI is InChI=1S/C12H15N3/c1-10-8-12(2-5-14-10)15-6-3-11(9-13)4-7-15/h2,5,8,11H,3-4,6-7H2,1H3. The van der Waals surface area contributed by atoms with Gasteiger partial charge in [0.05, 0.1) is 6.07 Å². The average molecular weight is 201 g/mol. The highest BCUT2D eigenvalue weighted by molar-refractivity contribution is 5.46. The van der Waals surface area contributed by atoms with Crippen molar-refractivity contribution in [2.45, 2.75) is 19.8 Å². The second-order valence-electron chi connectivity index (χ2n) is 4.05. The Labute approximate surface area is 90.4 Å². The van der Waals surface area contributed by atoms with Crippen LogP contribution in [0.4, 0.5) is 5.69 Å². The fourth-order valence-corrected chi connectivity index (χ4v) is 1.99. The number of nitriles is 1. The molecule has 0 unspecified atom stereocenters. The van der Waals surface area contributed by atoms with Crippen LogP contribution in [0.3, 0.4) is 0 Å². The predicted molar refractivity (Wildman–Crippen MR) is 59.5 cm³/mol.